The van der Waals surface area contributed by atoms with E-state index in [4.69, 9.17) is 9.73 Å². The first kappa shape index (κ1) is 23.0. The number of nitrogens with one attached hydrogen (secondary N) is 2. The van der Waals surface area contributed by atoms with Gasteiger partial charge in [-0.05, 0) is 19.8 Å². The van der Waals surface area contributed by atoms with Crippen molar-refractivity contribution in [3.05, 3.63) is 27.7 Å². The van der Waals surface area contributed by atoms with E-state index in [1.54, 1.807) is 18.4 Å². The van der Waals surface area contributed by atoms with E-state index in [1.807, 2.05) is 10.9 Å². The van der Waals surface area contributed by atoms with Crippen LogP contribution < -0.4 is 10.6 Å². The fourth-order valence-corrected chi connectivity index (χ4v) is 3.92. The first-order valence-electron chi connectivity index (χ1n) is 9.61. The van der Waals surface area contributed by atoms with Crippen LogP contribution in [0.1, 0.15) is 41.8 Å². The van der Waals surface area contributed by atoms with Gasteiger partial charge in [-0.2, -0.15) is 5.10 Å². The number of ether oxygens (including phenoxy) is 1. The quantitative estimate of drug-likeness (QED) is 0.316. The number of halogens is 1. The zero-order valence-corrected chi connectivity index (χ0v) is 19.9. The van der Waals surface area contributed by atoms with Crippen LogP contribution in [0.5, 0.6) is 0 Å². The number of rotatable bonds is 8. The van der Waals surface area contributed by atoms with Gasteiger partial charge in [0.15, 0.2) is 11.8 Å². The lowest BCUT2D eigenvalue weighted by atomic mass is 10.1. The van der Waals surface area contributed by atoms with Gasteiger partial charge in [0.2, 0.25) is 0 Å². The van der Waals surface area contributed by atoms with E-state index in [-0.39, 0.29) is 24.0 Å². The lowest BCUT2D eigenvalue weighted by molar-refractivity contribution is 0.177. The molecule has 156 valence electrons. The Balaban J connectivity index is 0.00000280. The van der Waals surface area contributed by atoms with Crippen molar-refractivity contribution in [2.75, 3.05) is 20.2 Å². The normalized spacial score (nSPS) is 16.4. The van der Waals surface area contributed by atoms with E-state index in [0.717, 1.165) is 67.9 Å². The van der Waals surface area contributed by atoms with E-state index in [1.165, 1.54) is 4.88 Å². The van der Waals surface area contributed by atoms with Crippen molar-refractivity contribution in [2.45, 2.75) is 58.7 Å². The lowest BCUT2D eigenvalue weighted by Crippen LogP contribution is -2.47. The number of fused-ring (bicyclic) bond motifs is 1. The Kier molecular flexibility index (Phi) is 9.59. The largest absolute Gasteiger partial charge is 0.377 e. The summed E-state index contributed by atoms with van der Waals surface area (Å²) < 4.78 is 7.12. The molecule has 28 heavy (non-hydrogen) atoms. The van der Waals surface area contributed by atoms with Gasteiger partial charge in [-0.25, -0.2) is 14.6 Å². The molecule has 0 amide bonds. The van der Waals surface area contributed by atoms with Crippen molar-refractivity contribution < 1.29 is 4.74 Å². The molecule has 10 heteroatoms. The van der Waals surface area contributed by atoms with Gasteiger partial charge in [0.25, 0.3) is 0 Å². The predicted molar refractivity (Wildman–Crippen MR) is 123 cm³/mol. The van der Waals surface area contributed by atoms with Gasteiger partial charge in [-0.15, -0.1) is 35.3 Å². The number of hydrogen-bond donors (Lipinski definition) is 2. The molecule has 1 aliphatic rings. The third-order valence-electron chi connectivity index (χ3n) is 4.41. The zero-order valence-electron chi connectivity index (χ0n) is 16.8. The molecule has 1 atom stereocenters. The lowest BCUT2D eigenvalue weighted by Gasteiger charge is -2.25. The molecule has 0 saturated heterocycles. The maximum absolute atomic E-state index is 5.13. The van der Waals surface area contributed by atoms with Crippen molar-refractivity contribution >= 4 is 41.3 Å². The summed E-state index contributed by atoms with van der Waals surface area (Å²) in [5, 5.41) is 12.6. The Bertz CT molecular complexity index is 761. The minimum Gasteiger partial charge on any atom is -0.377 e. The minimum absolute atomic E-state index is 0. The maximum Gasteiger partial charge on any atom is 0.191 e. The van der Waals surface area contributed by atoms with Gasteiger partial charge in [-0.3, -0.25) is 4.99 Å². The third kappa shape index (κ3) is 6.38. The van der Waals surface area contributed by atoms with Gasteiger partial charge < -0.3 is 15.4 Å². The number of nitrogens with zero attached hydrogens (tertiary/aromatic N) is 5. The Morgan fingerprint density at radius 2 is 2.29 bits per heavy atom. The van der Waals surface area contributed by atoms with Crippen molar-refractivity contribution in [3.63, 3.8) is 0 Å². The second-order valence-electron chi connectivity index (χ2n) is 6.52. The van der Waals surface area contributed by atoms with Crippen molar-refractivity contribution in [1.82, 2.24) is 30.4 Å². The van der Waals surface area contributed by atoms with E-state index < -0.39 is 0 Å². The highest BCUT2D eigenvalue weighted by Gasteiger charge is 2.22. The molecule has 3 rings (SSSR count). The summed E-state index contributed by atoms with van der Waals surface area (Å²) in [7, 11) is 1.66. The van der Waals surface area contributed by atoms with Gasteiger partial charge in [-0.1, -0.05) is 6.92 Å². The minimum atomic E-state index is 0. The summed E-state index contributed by atoms with van der Waals surface area (Å²) in [6.07, 6.45) is 5.82. The van der Waals surface area contributed by atoms with Crippen LogP contribution in [0.4, 0.5) is 0 Å². The Morgan fingerprint density at radius 3 is 3.00 bits per heavy atom. The van der Waals surface area contributed by atoms with Crippen LogP contribution in [0.2, 0.25) is 0 Å². The number of aliphatic imine (C=N–C) groups is 1. The van der Waals surface area contributed by atoms with Crippen LogP contribution >= 0.6 is 35.3 Å². The van der Waals surface area contributed by atoms with E-state index >= 15 is 0 Å². The maximum atomic E-state index is 5.13. The van der Waals surface area contributed by atoms with Crippen LogP contribution in [-0.2, 0) is 37.2 Å². The van der Waals surface area contributed by atoms with Gasteiger partial charge >= 0.3 is 0 Å². The number of thiazole rings is 1. The van der Waals surface area contributed by atoms with Crippen LogP contribution in [0, 0.1) is 0 Å². The summed E-state index contributed by atoms with van der Waals surface area (Å²) in [5.74, 6) is 2.65. The van der Waals surface area contributed by atoms with Crippen molar-refractivity contribution in [1.29, 1.82) is 0 Å². The predicted octanol–water partition coefficient (Wildman–Crippen LogP) is 2.17. The second-order valence-corrected chi connectivity index (χ2v) is 7.72. The fraction of sp³-hybridized carbons (Fsp3) is 0.667. The molecule has 0 saturated carbocycles. The zero-order chi connectivity index (χ0) is 19.1. The summed E-state index contributed by atoms with van der Waals surface area (Å²) in [5.41, 5.74) is 0. The molecule has 0 bridgehead atoms. The molecule has 8 nitrogen and oxygen atoms in total. The molecule has 2 aromatic heterocycles. The summed E-state index contributed by atoms with van der Waals surface area (Å²) >= 11 is 1.78. The smallest absolute Gasteiger partial charge is 0.191 e. The molecule has 1 unspecified atom stereocenters. The highest BCUT2D eigenvalue weighted by atomic mass is 127. The van der Waals surface area contributed by atoms with Crippen molar-refractivity contribution in [2.24, 2.45) is 4.99 Å². The number of methoxy groups -OCH3 is 1. The Hall–Kier alpha value is -1.27. The molecule has 0 aromatic carbocycles. The first-order valence-corrected chi connectivity index (χ1v) is 10.4. The average molecular weight is 519 g/mol. The second kappa shape index (κ2) is 11.7. The number of guanidine groups is 1. The van der Waals surface area contributed by atoms with E-state index in [0.29, 0.717) is 12.6 Å². The number of aryl methyl sites for hydroxylation is 2. The molecule has 0 aliphatic carbocycles. The van der Waals surface area contributed by atoms with E-state index in [2.05, 4.69) is 39.5 Å². The monoisotopic (exact) mass is 519 g/mol. The Morgan fingerprint density at radius 1 is 1.43 bits per heavy atom. The first-order chi connectivity index (χ1) is 13.2. The van der Waals surface area contributed by atoms with Gasteiger partial charge in [0.05, 0.1) is 11.6 Å². The molecular weight excluding hydrogens is 489 g/mol. The standard InChI is InChI=1S/C18H29N7OS.HI/c1-4-14-10-21-17(27-14)8-9-20-18(19-5-2)22-13-6-7-16-23-15(12-26-3)24-25(16)11-13;/h10,13H,4-9,11-12H2,1-3H3,(H2,19,20,22);1H. The molecule has 2 aromatic rings. The van der Waals surface area contributed by atoms with Gasteiger partial charge in [0, 0.05) is 50.2 Å². The molecule has 3 heterocycles. The third-order valence-corrected chi connectivity index (χ3v) is 5.61. The molecule has 1 aliphatic heterocycles. The SMILES string of the molecule is CCNC(=NCCc1ncc(CC)s1)NC1CCc2nc(COC)nn2C1.I. The summed E-state index contributed by atoms with van der Waals surface area (Å²) in [6, 6.07) is 0.291. The van der Waals surface area contributed by atoms with Crippen molar-refractivity contribution in [3.8, 4) is 0 Å². The van der Waals surface area contributed by atoms with Gasteiger partial charge in [0.1, 0.15) is 12.4 Å². The summed E-state index contributed by atoms with van der Waals surface area (Å²) in [6.45, 7) is 7.06. The highest BCUT2D eigenvalue weighted by Crippen LogP contribution is 2.15. The molecular formula is C18H30IN7OS. The molecule has 0 radical (unpaired) electrons. The fourth-order valence-electron chi connectivity index (χ4n) is 3.07. The highest BCUT2D eigenvalue weighted by molar-refractivity contribution is 14.0. The Labute approximate surface area is 187 Å². The van der Waals surface area contributed by atoms with Crippen LogP contribution in [0.3, 0.4) is 0 Å². The van der Waals surface area contributed by atoms with Crippen LogP contribution in [0.25, 0.3) is 0 Å². The van der Waals surface area contributed by atoms with Crippen LogP contribution in [-0.4, -0.2) is 51.9 Å². The number of hydrogen-bond acceptors (Lipinski definition) is 6. The average Bonchev–Trinajstić information content (AvgIpc) is 3.28. The molecule has 0 spiro atoms. The topological polar surface area (TPSA) is 89.2 Å². The van der Waals surface area contributed by atoms with E-state index in [9.17, 15) is 0 Å². The number of aromatic nitrogens is 4. The molecule has 0 fully saturated rings. The summed E-state index contributed by atoms with van der Waals surface area (Å²) in [4.78, 5) is 15.1. The van der Waals surface area contributed by atoms with Crippen LogP contribution in [0.15, 0.2) is 11.2 Å². The molecule has 2 N–H and O–H groups in total.